The summed E-state index contributed by atoms with van der Waals surface area (Å²) in [4.78, 5) is 1.89. The van der Waals surface area contributed by atoms with E-state index in [0.29, 0.717) is 11.0 Å². The number of nitrogens with zero attached hydrogens (tertiary/aromatic N) is 3. The molecule has 1 aromatic heterocycles. The third-order valence-electron chi connectivity index (χ3n) is 3.16. The molecule has 64 valence electrons. The maximum Gasteiger partial charge on any atom is 0.148 e. The van der Waals surface area contributed by atoms with E-state index in [1.54, 1.807) is 6.20 Å². The minimum absolute atomic E-state index is 0.306. The summed E-state index contributed by atoms with van der Waals surface area (Å²) in [5, 5.41) is 8.53. The Bertz CT molecular complexity index is 324. The Balaban J connectivity index is 1.93. The van der Waals surface area contributed by atoms with Gasteiger partial charge in [-0.15, -0.1) is 5.10 Å². The van der Waals surface area contributed by atoms with Crippen molar-refractivity contribution in [3.8, 4) is 0 Å². The van der Waals surface area contributed by atoms with Crippen LogP contribution in [0.25, 0.3) is 0 Å². The minimum atomic E-state index is 0.306. The van der Waals surface area contributed by atoms with E-state index in [9.17, 15) is 0 Å². The third kappa shape index (κ3) is 0.672. The van der Waals surface area contributed by atoms with Crippen molar-refractivity contribution in [1.82, 2.24) is 15.0 Å². The molecule has 1 heterocycles. The van der Waals surface area contributed by atoms with Crippen LogP contribution in [-0.4, -0.2) is 15.0 Å². The predicted molar refractivity (Wildman–Crippen MR) is 47.7 cm³/mol. The Kier molecular flexibility index (Phi) is 1.04. The summed E-state index contributed by atoms with van der Waals surface area (Å²) in [6, 6.07) is 0. The zero-order chi connectivity index (χ0) is 8.40. The SMILES string of the molecule is CC12CC(n3ncc(Br)n3)(C1)C2. The molecule has 0 radical (unpaired) electrons. The van der Waals surface area contributed by atoms with Crippen molar-refractivity contribution in [3.63, 3.8) is 0 Å². The van der Waals surface area contributed by atoms with E-state index >= 15 is 0 Å². The molecular formula is C8H10BrN3. The molecule has 12 heavy (non-hydrogen) atoms. The topological polar surface area (TPSA) is 30.7 Å². The molecule has 3 fully saturated rings. The molecule has 2 bridgehead atoms. The first-order valence-corrected chi connectivity index (χ1v) is 5.00. The van der Waals surface area contributed by atoms with Gasteiger partial charge in [-0.2, -0.15) is 9.90 Å². The van der Waals surface area contributed by atoms with Crippen molar-refractivity contribution in [2.24, 2.45) is 5.41 Å². The molecule has 0 aromatic carbocycles. The summed E-state index contributed by atoms with van der Waals surface area (Å²) in [6.07, 6.45) is 5.56. The van der Waals surface area contributed by atoms with Gasteiger partial charge in [-0.3, -0.25) is 0 Å². The van der Waals surface area contributed by atoms with E-state index in [4.69, 9.17) is 0 Å². The Morgan fingerprint density at radius 1 is 1.50 bits per heavy atom. The number of rotatable bonds is 1. The normalized spacial score (nSPS) is 43.5. The fraction of sp³-hybridized carbons (Fsp3) is 0.750. The summed E-state index contributed by atoms with van der Waals surface area (Å²) >= 11 is 3.31. The van der Waals surface area contributed by atoms with Gasteiger partial charge in [0.25, 0.3) is 0 Å². The fourth-order valence-electron chi connectivity index (χ4n) is 2.91. The van der Waals surface area contributed by atoms with Gasteiger partial charge in [0.2, 0.25) is 0 Å². The number of halogens is 1. The average molecular weight is 228 g/mol. The van der Waals surface area contributed by atoms with E-state index in [1.165, 1.54) is 19.3 Å². The van der Waals surface area contributed by atoms with Crippen LogP contribution in [-0.2, 0) is 5.54 Å². The first-order chi connectivity index (χ1) is 5.62. The van der Waals surface area contributed by atoms with Gasteiger partial charge in [0.15, 0.2) is 0 Å². The quantitative estimate of drug-likeness (QED) is 0.735. The Morgan fingerprint density at radius 2 is 2.17 bits per heavy atom. The third-order valence-corrected chi connectivity index (χ3v) is 3.52. The smallest absolute Gasteiger partial charge is 0.148 e. The molecule has 0 atom stereocenters. The minimum Gasteiger partial charge on any atom is -0.178 e. The largest absolute Gasteiger partial charge is 0.178 e. The molecule has 0 N–H and O–H groups in total. The highest BCUT2D eigenvalue weighted by Crippen LogP contribution is 2.70. The highest BCUT2D eigenvalue weighted by Gasteiger charge is 2.67. The number of hydrogen-bond donors (Lipinski definition) is 0. The van der Waals surface area contributed by atoms with Crippen LogP contribution in [0.4, 0.5) is 0 Å². The van der Waals surface area contributed by atoms with Crippen molar-refractivity contribution in [1.29, 1.82) is 0 Å². The Labute approximate surface area is 79.3 Å². The summed E-state index contributed by atoms with van der Waals surface area (Å²) in [7, 11) is 0. The second-order valence-electron chi connectivity index (χ2n) is 4.52. The molecule has 3 aliphatic rings. The summed E-state index contributed by atoms with van der Waals surface area (Å²) in [5.41, 5.74) is 0.931. The van der Waals surface area contributed by atoms with Gasteiger partial charge < -0.3 is 0 Å². The monoisotopic (exact) mass is 227 g/mol. The Hall–Kier alpha value is -0.380. The van der Waals surface area contributed by atoms with E-state index in [-0.39, 0.29) is 0 Å². The van der Waals surface area contributed by atoms with Gasteiger partial charge in [0.05, 0.1) is 11.7 Å². The molecule has 0 spiro atoms. The number of hydrogen-bond acceptors (Lipinski definition) is 2. The molecule has 1 aromatic rings. The van der Waals surface area contributed by atoms with Gasteiger partial charge in [-0.05, 0) is 40.6 Å². The van der Waals surface area contributed by atoms with Gasteiger partial charge in [-0.1, -0.05) is 6.92 Å². The van der Waals surface area contributed by atoms with Crippen LogP contribution in [0, 0.1) is 5.41 Å². The lowest BCUT2D eigenvalue weighted by Crippen LogP contribution is -2.66. The van der Waals surface area contributed by atoms with Crippen LogP contribution in [0.5, 0.6) is 0 Å². The molecule has 0 saturated heterocycles. The van der Waals surface area contributed by atoms with Crippen LogP contribution in [0.3, 0.4) is 0 Å². The maximum atomic E-state index is 4.30. The van der Waals surface area contributed by atoms with Crippen molar-refractivity contribution >= 4 is 15.9 Å². The van der Waals surface area contributed by atoms with Gasteiger partial charge in [0.1, 0.15) is 4.60 Å². The molecule has 0 amide bonds. The van der Waals surface area contributed by atoms with E-state index in [1.807, 2.05) is 4.80 Å². The van der Waals surface area contributed by atoms with Crippen LogP contribution >= 0.6 is 15.9 Å². The molecule has 3 saturated carbocycles. The fourth-order valence-corrected chi connectivity index (χ4v) is 3.15. The first-order valence-electron chi connectivity index (χ1n) is 4.20. The van der Waals surface area contributed by atoms with Crippen molar-refractivity contribution in [2.45, 2.75) is 31.7 Å². The Morgan fingerprint density at radius 3 is 2.58 bits per heavy atom. The van der Waals surface area contributed by atoms with Gasteiger partial charge in [-0.25, -0.2) is 0 Å². The van der Waals surface area contributed by atoms with E-state index in [0.717, 1.165) is 4.60 Å². The molecule has 4 rings (SSSR count). The van der Waals surface area contributed by atoms with Crippen LogP contribution < -0.4 is 0 Å². The lowest BCUT2D eigenvalue weighted by Gasteiger charge is -2.68. The highest BCUT2D eigenvalue weighted by atomic mass is 79.9. The van der Waals surface area contributed by atoms with E-state index in [2.05, 4.69) is 33.1 Å². The van der Waals surface area contributed by atoms with Gasteiger partial charge >= 0.3 is 0 Å². The lowest BCUT2D eigenvalue weighted by molar-refractivity contribution is -0.187. The van der Waals surface area contributed by atoms with Crippen molar-refractivity contribution in [2.75, 3.05) is 0 Å². The first kappa shape index (κ1) is 7.06. The van der Waals surface area contributed by atoms with E-state index < -0.39 is 0 Å². The standard InChI is InChI=1S/C8H10BrN3/c1-7-3-8(4-7,5-7)12-10-2-6(9)11-12/h2H,3-5H2,1H3. The molecule has 0 aliphatic heterocycles. The van der Waals surface area contributed by atoms with Gasteiger partial charge in [0, 0.05) is 0 Å². The molecule has 3 nitrogen and oxygen atoms in total. The van der Waals surface area contributed by atoms with Crippen molar-refractivity contribution in [3.05, 3.63) is 10.8 Å². The zero-order valence-corrected chi connectivity index (χ0v) is 8.50. The second kappa shape index (κ2) is 1.76. The van der Waals surface area contributed by atoms with Crippen molar-refractivity contribution < 1.29 is 0 Å². The zero-order valence-electron chi connectivity index (χ0n) is 6.92. The molecule has 4 heteroatoms. The summed E-state index contributed by atoms with van der Waals surface area (Å²) in [6.45, 7) is 2.34. The van der Waals surface area contributed by atoms with Crippen LogP contribution in [0.2, 0.25) is 0 Å². The highest BCUT2D eigenvalue weighted by molar-refractivity contribution is 9.10. The molecular weight excluding hydrogens is 218 g/mol. The van der Waals surface area contributed by atoms with Crippen LogP contribution in [0.15, 0.2) is 10.8 Å². The predicted octanol–water partition coefficient (Wildman–Crippen LogP) is 1.94. The summed E-state index contributed by atoms with van der Waals surface area (Å²) in [5.74, 6) is 0. The lowest BCUT2D eigenvalue weighted by atomic mass is 9.40. The number of aromatic nitrogens is 3. The average Bonchev–Trinajstić information content (AvgIpc) is 2.26. The second-order valence-corrected chi connectivity index (χ2v) is 5.33. The molecule has 0 unspecified atom stereocenters. The molecule has 3 aliphatic carbocycles. The maximum absolute atomic E-state index is 4.30. The summed E-state index contributed by atoms with van der Waals surface area (Å²) < 4.78 is 0.845. The van der Waals surface area contributed by atoms with Crippen LogP contribution in [0.1, 0.15) is 26.2 Å².